The molecule has 12 heteroatoms. The van der Waals surface area contributed by atoms with E-state index in [0.717, 1.165) is 12.8 Å². The van der Waals surface area contributed by atoms with Crippen LogP contribution in [0.4, 0.5) is 16.3 Å². The van der Waals surface area contributed by atoms with E-state index in [4.69, 9.17) is 15.2 Å². The van der Waals surface area contributed by atoms with E-state index in [1.54, 1.807) is 31.3 Å². The molecule has 0 bridgehead atoms. The number of carbonyl (C=O) groups excluding carboxylic acids is 2. The van der Waals surface area contributed by atoms with Crippen molar-refractivity contribution in [2.75, 3.05) is 37.9 Å². The monoisotopic (exact) mass is 485 g/mol. The number of aromatic nitrogens is 4. The van der Waals surface area contributed by atoms with E-state index in [9.17, 15) is 14.4 Å². The second kappa shape index (κ2) is 11.9. The van der Waals surface area contributed by atoms with E-state index in [1.165, 1.54) is 16.6 Å². The van der Waals surface area contributed by atoms with Gasteiger partial charge in [-0.1, -0.05) is 19.4 Å². The Morgan fingerprint density at radius 1 is 1.23 bits per heavy atom. The molecule has 0 saturated heterocycles. The van der Waals surface area contributed by atoms with Crippen LogP contribution in [0.2, 0.25) is 0 Å². The second-order valence-corrected chi connectivity index (χ2v) is 7.91. The van der Waals surface area contributed by atoms with Crippen LogP contribution in [0.15, 0.2) is 29.1 Å². The summed E-state index contributed by atoms with van der Waals surface area (Å²) in [5.41, 5.74) is 7.33. The van der Waals surface area contributed by atoms with Crippen LogP contribution in [-0.2, 0) is 11.3 Å². The van der Waals surface area contributed by atoms with E-state index in [2.05, 4.69) is 27.2 Å². The van der Waals surface area contributed by atoms with Gasteiger partial charge in [0.05, 0.1) is 19.3 Å². The topological polar surface area (TPSA) is 157 Å². The minimum Gasteiger partial charge on any atom is -0.465 e. The maximum Gasteiger partial charge on any atom is 0.337 e. The number of nitrogens with two attached hydrogens (primary N) is 1. The number of carbonyl (C=O) groups is 2. The molecule has 2 amide bonds. The molecule has 0 spiro atoms. The minimum atomic E-state index is -0.472. The summed E-state index contributed by atoms with van der Waals surface area (Å²) >= 11 is 0. The van der Waals surface area contributed by atoms with Crippen molar-refractivity contribution in [1.82, 2.24) is 24.8 Å². The van der Waals surface area contributed by atoms with Crippen LogP contribution in [0.1, 0.15) is 43.0 Å². The molecule has 4 N–H and O–H groups in total. The average molecular weight is 486 g/mol. The fourth-order valence-electron chi connectivity index (χ4n) is 3.40. The van der Waals surface area contributed by atoms with Gasteiger partial charge in [0.1, 0.15) is 5.52 Å². The van der Waals surface area contributed by atoms with E-state index in [0.29, 0.717) is 55.0 Å². The SMILES string of the molecule is CCCCOc1nc(N)c2[nH]c(=O)n(CCCCNC(=O)N(C)c3cccc(C(=O)OC)c3)c2n1. The number of H-pyrrole nitrogens is 1. The van der Waals surface area contributed by atoms with Crippen LogP contribution in [0.5, 0.6) is 6.01 Å². The van der Waals surface area contributed by atoms with Gasteiger partial charge in [-0.3, -0.25) is 9.47 Å². The van der Waals surface area contributed by atoms with Crippen LogP contribution < -0.4 is 26.4 Å². The number of imidazole rings is 1. The minimum absolute atomic E-state index is 0.141. The summed E-state index contributed by atoms with van der Waals surface area (Å²) in [7, 11) is 2.92. The van der Waals surface area contributed by atoms with Gasteiger partial charge in [-0.15, -0.1) is 0 Å². The number of hydrogen-bond donors (Lipinski definition) is 3. The van der Waals surface area contributed by atoms with Gasteiger partial charge in [0.2, 0.25) is 0 Å². The molecule has 188 valence electrons. The second-order valence-electron chi connectivity index (χ2n) is 7.91. The molecule has 0 aliphatic rings. The van der Waals surface area contributed by atoms with Crippen molar-refractivity contribution >= 4 is 34.7 Å². The number of unbranched alkanes of at least 4 members (excludes halogenated alkanes) is 2. The molecule has 0 aliphatic heterocycles. The van der Waals surface area contributed by atoms with Crippen LogP contribution >= 0.6 is 0 Å². The Kier molecular flexibility index (Phi) is 8.65. The van der Waals surface area contributed by atoms with Crippen molar-refractivity contribution < 1.29 is 19.1 Å². The van der Waals surface area contributed by atoms with Gasteiger partial charge in [0, 0.05) is 25.8 Å². The molecule has 2 aromatic heterocycles. The highest BCUT2D eigenvalue weighted by molar-refractivity contribution is 5.95. The zero-order valence-corrected chi connectivity index (χ0v) is 20.2. The van der Waals surface area contributed by atoms with Crippen LogP contribution in [0, 0.1) is 0 Å². The number of ether oxygens (including phenoxy) is 2. The summed E-state index contributed by atoms with van der Waals surface area (Å²) < 4.78 is 11.8. The number of urea groups is 1. The normalized spacial score (nSPS) is 10.8. The van der Waals surface area contributed by atoms with Gasteiger partial charge < -0.3 is 25.5 Å². The van der Waals surface area contributed by atoms with Crippen molar-refractivity contribution in [2.24, 2.45) is 0 Å². The zero-order chi connectivity index (χ0) is 25.4. The van der Waals surface area contributed by atoms with Gasteiger partial charge in [-0.2, -0.15) is 9.97 Å². The Morgan fingerprint density at radius 2 is 2.03 bits per heavy atom. The number of benzene rings is 1. The van der Waals surface area contributed by atoms with Gasteiger partial charge in [0.25, 0.3) is 0 Å². The Balaban J connectivity index is 1.54. The lowest BCUT2D eigenvalue weighted by Crippen LogP contribution is -2.37. The largest absolute Gasteiger partial charge is 0.465 e. The number of anilines is 2. The molecular weight excluding hydrogens is 454 g/mol. The number of nitrogen functional groups attached to an aromatic ring is 1. The fraction of sp³-hybridized carbons (Fsp3) is 0.435. The zero-order valence-electron chi connectivity index (χ0n) is 20.2. The number of nitrogens with zero attached hydrogens (tertiary/aromatic N) is 4. The molecule has 0 saturated carbocycles. The first-order chi connectivity index (χ1) is 16.8. The van der Waals surface area contributed by atoms with Crippen LogP contribution in [-0.4, -0.2) is 58.8 Å². The third kappa shape index (κ3) is 6.28. The van der Waals surface area contributed by atoms with Crippen molar-refractivity contribution in [3.63, 3.8) is 0 Å². The number of amides is 2. The molecule has 0 radical (unpaired) electrons. The van der Waals surface area contributed by atoms with Gasteiger partial charge in [-0.05, 0) is 37.5 Å². The van der Waals surface area contributed by atoms with Crippen molar-refractivity contribution in [2.45, 2.75) is 39.2 Å². The maximum atomic E-state index is 12.5. The predicted molar refractivity (Wildman–Crippen MR) is 132 cm³/mol. The Morgan fingerprint density at radius 3 is 2.77 bits per heavy atom. The number of hydrogen-bond acceptors (Lipinski definition) is 8. The molecule has 0 atom stereocenters. The number of aromatic amines is 1. The predicted octanol–water partition coefficient (Wildman–Crippen LogP) is 2.29. The highest BCUT2D eigenvalue weighted by Crippen LogP contribution is 2.18. The lowest BCUT2D eigenvalue weighted by atomic mass is 10.2. The molecule has 2 heterocycles. The Labute approximate surface area is 202 Å². The molecule has 35 heavy (non-hydrogen) atoms. The van der Waals surface area contributed by atoms with Crippen molar-refractivity contribution in [1.29, 1.82) is 0 Å². The smallest absolute Gasteiger partial charge is 0.337 e. The number of aryl methyl sites for hydroxylation is 1. The fourth-order valence-corrected chi connectivity index (χ4v) is 3.40. The highest BCUT2D eigenvalue weighted by Gasteiger charge is 2.15. The van der Waals surface area contributed by atoms with Crippen molar-refractivity contribution in [3.05, 3.63) is 40.3 Å². The summed E-state index contributed by atoms with van der Waals surface area (Å²) in [5, 5.41) is 2.83. The van der Waals surface area contributed by atoms with Gasteiger partial charge >= 0.3 is 23.7 Å². The van der Waals surface area contributed by atoms with Crippen LogP contribution in [0.25, 0.3) is 11.2 Å². The van der Waals surface area contributed by atoms with Crippen molar-refractivity contribution in [3.8, 4) is 6.01 Å². The summed E-state index contributed by atoms with van der Waals surface area (Å²) in [5.74, 6) is -0.316. The molecule has 0 aliphatic carbocycles. The highest BCUT2D eigenvalue weighted by atomic mass is 16.5. The van der Waals surface area contributed by atoms with Crippen LogP contribution in [0.3, 0.4) is 0 Å². The summed E-state index contributed by atoms with van der Waals surface area (Å²) in [6, 6.07) is 6.44. The third-order valence-electron chi connectivity index (χ3n) is 5.40. The summed E-state index contributed by atoms with van der Waals surface area (Å²) in [4.78, 5) is 49.2. The number of rotatable bonds is 11. The molecule has 3 rings (SSSR count). The lowest BCUT2D eigenvalue weighted by molar-refractivity contribution is 0.0600. The number of esters is 1. The molecule has 3 aromatic rings. The number of methoxy groups -OCH3 is 1. The van der Waals surface area contributed by atoms with E-state index in [-0.39, 0.29) is 23.5 Å². The van der Waals surface area contributed by atoms with E-state index < -0.39 is 5.97 Å². The standard InChI is InChI=1S/C23H31N7O5/c1-4-5-13-35-21-27-18(24)17-19(28-21)30(23(33)26-17)12-7-6-11-25-22(32)29(2)16-10-8-9-15(14-16)20(31)34-3/h8-10,14H,4-7,11-13H2,1-3H3,(H,25,32)(H,26,33)(H2,24,27,28). The molecule has 0 fully saturated rings. The molecule has 0 unspecified atom stereocenters. The third-order valence-corrected chi connectivity index (χ3v) is 5.40. The molecule has 1 aromatic carbocycles. The lowest BCUT2D eigenvalue weighted by Gasteiger charge is -2.18. The summed E-state index contributed by atoms with van der Waals surface area (Å²) in [6.07, 6.45) is 3.07. The average Bonchev–Trinajstić information content (AvgIpc) is 3.18. The quantitative estimate of drug-likeness (QED) is 0.276. The maximum absolute atomic E-state index is 12.5. The Bertz CT molecular complexity index is 1240. The first-order valence-corrected chi connectivity index (χ1v) is 11.4. The first kappa shape index (κ1) is 25.5. The molecule has 12 nitrogen and oxygen atoms in total. The first-order valence-electron chi connectivity index (χ1n) is 11.4. The Hall–Kier alpha value is -4.09. The van der Waals surface area contributed by atoms with E-state index >= 15 is 0 Å². The van der Waals surface area contributed by atoms with E-state index in [1.807, 2.05) is 0 Å². The molecular formula is C23H31N7O5. The van der Waals surface area contributed by atoms with Gasteiger partial charge in [-0.25, -0.2) is 14.4 Å². The number of nitrogens with one attached hydrogen (secondary N) is 2. The summed E-state index contributed by atoms with van der Waals surface area (Å²) in [6.45, 7) is 3.31. The van der Waals surface area contributed by atoms with Gasteiger partial charge in [0.15, 0.2) is 11.5 Å². The number of fused-ring (bicyclic) bond motifs is 1.